The molecule has 1 rings (SSSR count). The molecule has 0 N–H and O–H groups in total. The molecular formula is C7H14NO-. The van der Waals surface area contributed by atoms with Crippen molar-refractivity contribution in [2.24, 2.45) is 5.92 Å². The van der Waals surface area contributed by atoms with Gasteiger partial charge in [0, 0.05) is 0 Å². The Morgan fingerprint density at radius 1 is 1.56 bits per heavy atom. The minimum Gasteiger partial charge on any atom is -0.785 e. The lowest BCUT2D eigenvalue weighted by Crippen LogP contribution is -2.26. The third kappa shape index (κ3) is 2.33. The van der Waals surface area contributed by atoms with Gasteiger partial charge in [0.05, 0.1) is 0 Å². The summed E-state index contributed by atoms with van der Waals surface area (Å²) in [5.74, 6) is 0.727. The predicted molar refractivity (Wildman–Crippen MR) is 37.9 cm³/mol. The Bertz CT molecular complexity index is 88.9. The zero-order valence-electron chi connectivity index (χ0n) is 6.13. The molecule has 0 aromatic heterocycles. The Morgan fingerprint density at radius 3 is 2.44 bits per heavy atom. The zero-order valence-corrected chi connectivity index (χ0v) is 6.13. The first kappa shape index (κ1) is 7.03. The SMILES string of the molecule is CC(C)N([O-])CC1CC1. The summed E-state index contributed by atoms with van der Waals surface area (Å²) in [7, 11) is 0. The van der Waals surface area contributed by atoms with Gasteiger partial charge < -0.3 is 10.3 Å². The van der Waals surface area contributed by atoms with Gasteiger partial charge in [0.1, 0.15) is 0 Å². The van der Waals surface area contributed by atoms with E-state index in [1.54, 1.807) is 0 Å². The van der Waals surface area contributed by atoms with Crippen molar-refractivity contribution < 1.29 is 0 Å². The van der Waals surface area contributed by atoms with E-state index >= 15 is 0 Å². The molecule has 9 heavy (non-hydrogen) atoms. The standard InChI is InChI=1S/C7H14NO/c1-6(2)8(9)5-7-3-4-7/h6-7H,3-5H2,1-2H3/q-1. The van der Waals surface area contributed by atoms with Crippen LogP contribution in [0.2, 0.25) is 0 Å². The van der Waals surface area contributed by atoms with Gasteiger partial charge in [-0.2, -0.15) is 0 Å². The van der Waals surface area contributed by atoms with E-state index in [4.69, 9.17) is 0 Å². The van der Waals surface area contributed by atoms with Gasteiger partial charge in [-0.1, -0.05) is 13.8 Å². The molecule has 1 fully saturated rings. The number of hydrogen-bond donors (Lipinski definition) is 0. The van der Waals surface area contributed by atoms with Crippen molar-refractivity contribution in [3.05, 3.63) is 5.21 Å². The first-order chi connectivity index (χ1) is 4.20. The van der Waals surface area contributed by atoms with Crippen LogP contribution in [-0.4, -0.2) is 17.6 Å². The first-order valence-corrected chi connectivity index (χ1v) is 3.64. The van der Waals surface area contributed by atoms with E-state index in [1.165, 1.54) is 17.9 Å². The summed E-state index contributed by atoms with van der Waals surface area (Å²) in [5.41, 5.74) is 0. The molecule has 0 spiro atoms. The van der Waals surface area contributed by atoms with Gasteiger partial charge in [-0.05, 0) is 31.3 Å². The van der Waals surface area contributed by atoms with Crippen molar-refractivity contribution in [2.75, 3.05) is 6.54 Å². The fraction of sp³-hybridized carbons (Fsp3) is 1.00. The minimum atomic E-state index is 0.172. The second kappa shape index (κ2) is 2.67. The van der Waals surface area contributed by atoms with Gasteiger partial charge in [0.2, 0.25) is 0 Å². The third-order valence-electron chi connectivity index (χ3n) is 1.71. The number of hydrogen-bond acceptors (Lipinski definition) is 2. The topological polar surface area (TPSA) is 26.3 Å². The van der Waals surface area contributed by atoms with Gasteiger partial charge in [-0.3, -0.25) is 0 Å². The van der Waals surface area contributed by atoms with Crippen molar-refractivity contribution >= 4 is 0 Å². The second-order valence-electron chi connectivity index (χ2n) is 3.14. The maximum Gasteiger partial charge on any atom is -0.00838 e. The Labute approximate surface area is 56.4 Å². The molecule has 0 atom stereocenters. The molecule has 0 radical (unpaired) electrons. The highest BCUT2D eigenvalue weighted by molar-refractivity contribution is 4.78. The molecule has 0 saturated heterocycles. The molecule has 54 valence electrons. The van der Waals surface area contributed by atoms with E-state index in [9.17, 15) is 5.21 Å². The fourth-order valence-corrected chi connectivity index (χ4v) is 0.766. The molecule has 0 aliphatic heterocycles. The molecule has 1 aliphatic rings. The Balaban J connectivity index is 2.09. The van der Waals surface area contributed by atoms with E-state index < -0.39 is 0 Å². The largest absolute Gasteiger partial charge is 0.785 e. The van der Waals surface area contributed by atoms with Crippen molar-refractivity contribution in [1.82, 2.24) is 5.06 Å². The number of nitrogens with zero attached hydrogens (tertiary/aromatic N) is 1. The van der Waals surface area contributed by atoms with Crippen molar-refractivity contribution in [3.63, 3.8) is 0 Å². The fourth-order valence-electron chi connectivity index (χ4n) is 0.766. The molecule has 2 heteroatoms. The minimum absolute atomic E-state index is 0.172. The van der Waals surface area contributed by atoms with Crippen molar-refractivity contribution in [1.29, 1.82) is 0 Å². The summed E-state index contributed by atoms with van der Waals surface area (Å²) < 4.78 is 0. The highest BCUT2D eigenvalue weighted by Gasteiger charge is 2.21. The van der Waals surface area contributed by atoms with Crippen molar-refractivity contribution in [3.8, 4) is 0 Å². The van der Waals surface area contributed by atoms with Gasteiger partial charge in [-0.15, -0.1) is 0 Å². The first-order valence-electron chi connectivity index (χ1n) is 3.64. The van der Waals surface area contributed by atoms with E-state index in [2.05, 4.69) is 0 Å². The molecule has 0 heterocycles. The third-order valence-corrected chi connectivity index (χ3v) is 1.71. The predicted octanol–water partition coefficient (Wildman–Crippen LogP) is 1.60. The summed E-state index contributed by atoms with van der Waals surface area (Å²) in [4.78, 5) is 0. The average molecular weight is 128 g/mol. The summed E-state index contributed by atoms with van der Waals surface area (Å²) in [6.45, 7) is 4.64. The monoisotopic (exact) mass is 128 g/mol. The molecule has 0 amide bonds. The van der Waals surface area contributed by atoms with E-state index in [1.807, 2.05) is 13.8 Å². The van der Waals surface area contributed by atoms with Gasteiger partial charge in [0.25, 0.3) is 0 Å². The molecule has 0 aromatic carbocycles. The molecule has 1 saturated carbocycles. The molecule has 0 bridgehead atoms. The van der Waals surface area contributed by atoms with Gasteiger partial charge in [0.15, 0.2) is 0 Å². The van der Waals surface area contributed by atoms with Crippen LogP contribution in [-0.2, 0) is 0 Å². The van der Waals surface area contributed by atoms with Gasteiger partial charge in [-0.25, -0.2) is 0 Å². The Hall–Kier alpha value is -0.0800. The lowest BCUT2D eigenvalue weighted by Gasteiger charge is -2.32. The lowest BCUT2D eigenvalue weighted by atomic mass is 10.3. The van der Waals surface area contributed by atoms with Crippen LogP contribution in [0.4, 0.5) is 0 Å². The molecule has 1 aliphatic carbocycles. The van der Waals surface area contributed by atoms with Crippen LogP contribution in [0.1, 0.15) is 26.7 Å². The van der Waals surface area contributed by atoms with E-state index in [0.29, 0.717) is 0 Å². The van der Waals surface area contributed by atoms with E-state index in [0.717, 1.165) is 12.5 Å². The summed E-state index contributed by atoms with van der Waals surface area (Å²) in [5, 5.41) is 12.1. The molecule has 0 unspecified atom stereocenters. The second-order valence-corrected chi connectivity index (χ2v) is 3.14. The van der Waals surface area contributed by atoms with Crippen molar-refractivity contribution in [2.45, 2.75) is 32.7 Å². The summed E-state index contributed by atoms with van der Waals surface area (Å²) in [6.07, 6.45) is 2.54. The summed E-state index contributed by atoms with van der Waals surface area (Å²) >= 11 is 0. The van der Waals surface area contributed by atoms with Crippen LogP contribution in [0.3, 0.4) is 0 Å². The average Bonchev–Trinajstić information content (AvgIpc) is 2.50. The van der Waals surface area contributed by atoms with Crippen LogP contribution in [0.15, 0.2) is 0 Å². The smallest absolute Gasteiger partial charge is 0.00838 e. The van der Waals surface area contributed by atoms with Crippen LogP contribution < -0.4 is 0 Å². The van der Waals surface area contributed by atoms with Crippen LogP contribution in [0.25, 0.3) is 0 Å². The Kier molecular flexibility index (Phi) is 2.09. The van der Waals surface area contributed by atoms with Crippen LogP contribution in [0, 0.1) is 11.1 Å². The molecular weight excluding hydrogens is 114 g/mol. The maximum atomic E-state index is 10.9. The van der Waals surface area contributed by atoms with Crippen LogP contribution in [0.5, 0.6) is 0 Å². The molecule has 2 nitrogen and oxygen atoms in total. The highest BCUT2D eigenvalue weighted by atomic mass is 16.5. The lowest BCUT2D eigenvalue weighted by molar-refractivity contribution is 0.300. The Morgan fingerprint density at radius 2 is 2.11 bits per heavy atom. The van der Waals surface area contributed by atoms with Crippen LogP contribution >= 0.6 is 0 Å². The van der Waals surface area contributed by atoms with Gasteiger partial charge >= 0.3 is 0 Å². The quantitative estimate of drug-likeness (QED) is 0.540. The normalized spacial score (nSPS) is 19.7. The van der Waals surface area contributed by atoms with E-state index in [-0.39, 0.29) is 6.04 Å². The number of hydroxylamine groups is 2. The highest BCUT2D eigenvalue weighted by Crippen LogP contribution is 2.29. The molecule has 0 aromatic rings. The summed E-state index contributed by atoms with van der Waals surface area (Å²) in [6, 6.07) is 0.172. The maximum absolute atomic E-state index is 10.9. The number of rotatable bonds is 3. The zero-order chi connectivity index (χ0) is 6.85.